The van der Waals surface area contributed by atoms with E-state index in [4.69, 9.17) is 10.5 Å². The molecule has 2 aliphatic carbocycles. The fourth-order valence-electron chi connectivity index (χ4n) is 4.35. The minimum Gasteiger partial charge on any atom is -0.443 e. The molecule has 2 fully saturated rings. The van der Waals surface area contributed by atoms with Crippen LogP contribution < -0.4 is 11.1 Å². The highest BCUT2D eigenvalue weighted by molar-refractivity contribution is 5.65. The Labute approximate surface area is 151 Å². The minimum atomic E-state index is -0.643. The second-order valence-corrected chi connectivity index (χ2v) is 8.88. The van der Waals surface area contributed by atoms with E-state index in [0.29, 0.717) is 17.9 Å². The minimum absolute atomic E-state index is 0.0880. The Bertz CT molecular complexity index is 586. The van der Waals surface area contributed by atoms with E-state index in [-0.39, 0.29) is 5.41 Å². The van der Waals surface area contributed by atoms with Crippen molar-refractivity contribution < 1.29 is 9.53 Å². The van der Waals surface area contributed by atoms with Crippen LogP contribution in [-0.2, 0) is 4.74 Å². The first kappa shape index (κ1) is 18.2. The van der Waals surface area contributed by atoms with E-state index in [0.717, 1.165) is 32.2 Å². The maximum absolute atomic E-state index is 11.4. The maximum Gasteiger partial charge on any atom is 0.405 e. The summed E-state index contributed by atoms with van der Waals surface area (Å²) in [6.45, 7) is 7.49. The predicted molar refractivity (Wildman–Crippen MR) is 100 cm³/mol. The number of hydrogen-bond acceptors (Lipinski definition) is 3. The molecule has 1 aromatic rings. The van der Waals surface area contributed by atoms with Gasteiger partial charge in [0.2, 0.25) is 0 Å². The second-order valence-electron chi connectivity index (χ2n) is 8.88. The van der Waals surface area contributed by atoms with Crippen molar-refractivity contribution in [2.45, 2.75) is 70.4 Å². The molecule has 0 radical (unpaired) electrons. The number of rotatable bonds is 5. The van der Waals surface area contributed by atoms with Crippen molar-refractivity contribution in [2.24, 2.45) is 17.1 Å². The molecule has 0 saturated heterocycles. The highest BCUT2D eigenvalue weighted by atomic mass is 16.6. The Balaban J connectivity index is 1.47. The van der Waals surface area contributed by atoms with Crippen LogP contribution >= 0.6 is 0 Å². The Hall–Kier alpha value is -1.55. The maximum atomic E-state index is 11.4. The van der Waals surface area contributed by atoms with Crippen molar-refractivity contribution in [1.82, 2.24) is 5.32 Å². The largest absolute Gasteiger partial charge is 0.443 e. The summed E-state index contributed by atoms with van der Waals surface area (Å²) in [5, 5.41) is 3.75. The van der Waals surface area contributed by atoms with Gasteiger partial charge in [-0.1, -0.05) is 51.1 Å². The van der Waals surface area contributed by atoms with Crippen LogP contribution in [0.5, 0.6) is 0 Å². The van der Waals surface area contributed by atoms with Gasteiger partial charge >= 0.3 is 6.09 Å². The predicted octanol–water partition coefficient (Wildman–Crippen LogP) is 4.20. The lowest BCUT2D eigenvalue weighted by molar-refractivity contribution is -0.0965. The number of carbonyl (C=O) groups excluding carboxylic acids is 1. The van der Waals surface area contributed by atoms with Crippen LogP contribution in [-0.4, -0.2) is 24.3 Å². The molecule has 3 rings (SSSR count). The zero-order chi connectivity index (χ0) is 18.1. The monoisotopic (exact) mass is 344 g/mol. The van der Waals surface area contributed by atoms with Gasteiger partial charge < -0.3 is 15.8 Å². The van der Waals surface area contributed by atoms with E-state index >= 15 is 0 Å². The molecule has 3 N–H and O–H groups in total. The van der Waals surface area contributed by atoms with E-state index in [1.807, 2.05) is 0 Å². The summed E-state index contributed by atoms with van der Waals surface area (Å²) in [6.07, 6.45) is 4.57. The van der Waals surface area contributed by atoms with Crippen LogP contribution in [0.25, 0.3) is 0 Å². The van der Waals surface area contributed by atoms with E-state index in [9.17, 15) is 4.79 Å². The van der Waals surface area contributed by atoms with E-state index in [2.05, 4.69) is 56.4 Å². The topological polar surface area (TPSA) is 64.3 Å². The average molecular weight is 344 g/mol. The molecular formula is C21H32N2O2. The van der Waals surface area contributed by atoms with Gasteiger partial charge in [0.15, 0.2) is 0 Å². The molecule has 2 aliphatic rings. The van der Waals surface area contributed by atoms with Gasteiger partial charge in [0.25, 0.3) is 0 Å². The van der Waals surface area contributed by atoms with Gasteiger partial charge in [-0.25, -0.2) is 4.79 Å². The van der Waals surface area contributed by atoms with Gasteiger partial charge in [-0.3, -0.25) is 0 Å². The average Bonchev–Trinajstić information content (AvgIpc) is 3.33. The summed E-state index contributed by atoms with van der Waals surface area (Å²) in [4.78, 5) is 11.4. The van der Waals surface area contributed by atoms with Crippen LogP contribution in [0.2, 0.25) is 0 Å². The first-order chi connectivity index (χ1) is 11.8. The lowest BCUT2D eigenvalue weighted by Crippen LogP contribution is -2.51. The molecule has 4 heteroatoms. The van der Waals surface area contributed by atoms with Crippen molar-refractivity contribution in [2.75, 3.05) is 6.54 Å². The number of primary amides is 1. The van der Waals surface area contributed by atoms with Crippen LogP contribution in [0.3, 0.4) is 0 Å². The van der Waals surface area contributed by atoms with Crippen molar-refractivity contribution >= 4 is 6.09 Å². The highest BCUT2D eigenvalue weighted by Crippen LogP contribution is 2.47. The van der Waals surface area contributed by atoms with Crippen LogP contribution in [0.1, 0.15) is 64.4 Å². The Morgan fingerprint density at radius 1 is 1.24 bits per heavy atom. The molecule has 1 aromatic carbocycles. The van der Waals surface area contributed by atoms with E-state index in [1.54, 1.807) is 0 Å². The fourth-order valence-corrected chi connectivity index (χ4v) is 4.35. The quantitative estimate of drug-likeness (QED) is 0.841. The number of carbonyl (C=O) groups is 1. The van der Waals surface area contributed by atoms with Crippen molar-refractivity contribution in [3.8, 4) is 0 Å². The summed E-state index contributed by atoms with van der Waals surface area (Å²) in [6, 6.07) is 11.4. The van der Waals surface area contributed by atoms with Gasteiger partial charge in [0.05, 0.1) is 0 Å². The zero-order valence-corrected chi connectivity index (χ0v) is 15.8. The Morgan fingerprint density at radius 3 is 2.44 bits per heavy atom. The molecular weight excluding hydrogens is 312 g/mol. The molecule has 25 heavy (non-hydrogen) atoms. The molecule has 138 valence electrons. The van der Waals surface area contributed by atoms with Crippen molar-refractivity contribution in [3.05, 3.63) is 35.9 Å². The van der Waals surface area contributed by atoms with Crippen molar-refractivity contribution in [1.29, 1.82) is 0 Å². The van der Waals surface area contributed by atoms with Crippen LogP contribution in [0.4, 0.5) is 4.79 Å². The SMILES string of the molecule is CC(C)(C)C1(OC(N)=O)CCC(CN[C@@H]2C[C@H]2c2ccccc2)CC1. The third kappa shape index (κ3) is 4.17. The summed E-state index contributed by atoms with van der Waals surface area (Å²) < 4.78 is 5.62. The standard InChI is InChI=1S/C21H32N2O2/c1-20(2,3)21(25-19(22)24)11-9-15(10-12-21)14-23-18-13-17(18)16-7-5-4-6-8-16/h4-8,15,17-18,23H,9-14H2,1-3H3,(H2,22,24)/t15?,17-,18+,21?/m0/s1. The molecule has 2 saturated carbocycles. The van der Waals surface area contributed by atoms with E-state index < -0.39 is 11.7 Å². The third-order valence-corrected chi connectivity index (χ3v) is 6.26. The summed E-state index contributed by atoms with van der Waals surface area (Å²) in [5.41, 5.74) is 6.29. The second kappa shape index (κ2) is 6.99. The smallest absolute Gasteiger partial charge is 0.405 e. The van der Waals surface area contributed by atoms with Crippen LogP contribution in [0.15, 0.2) is 30.3 Å². The van der Waals surface area contributed by atoms with Gasteiger partial charge in [-0.05, 0) is 50.1 Å². The molecule has 1 amide bonds. The Kier molecular flexibility index (Phi) is 5.10. The molecule has 0 aliphatic heterocycles. The lowest BCUT2D eigenvalue weighted by Gasteiger charge is -2.47. The highest BCUT2D eigenvalue weighted by Gasteiger charge is 2.47. The number of benzene rings is 1. The first-order valence-electron chi connectivity index (χ1n) is 9.57. The van der Waals surface area contributed by atoms with Gasteiger partial charge in [-0.15, -0.1) is 0 Å². The number of hydrogen-bond donors (Lipinski definition) is 2. The molecule has 2 atom stereocenters. The number of amides is 1. The molecule has 0 bridgehead atoms. The third-order valence-electron chi connectivity index (χ3n) is 6.26. The molecule has 0 spiro atoms. The summed E-state index contributed by atoms with van der Waals surface area (Å²) in [5.74, 6) is 1.33. The zero-order valence-electron chi connectivity index (χ0n) is 15.8. The van der Waals surface area contributed by atoms with Gasteiger partial charge in [0, 0.05) is 17.4 Å². The Morgan fingerprint density at radius 2 is 1.88 bits per heavy atom. The normalized spacial score (nSPS) is 32.2. The summed E-state index contributed by atoms with van der Waals surface area (Å²) >= 11 is 0. The van der Waals surface area contributed by atoms with Gasteiger partial charge in [0.1, 0.15) is 5.60 Å². The summed E-state index contributed by atoms with van der Waals surface area (Å²) in [7, 11) is 0. The lowest BCUT2D eigenvalue weighted by atomic mass is 9.66. The number of nitrogens with two attached hydrogens (primary N) is 1. The number of ether oxygens (including phenoxy) is 1. The molecule has 4 nitrogen and oxygen atoms in total. The van der Waals surface area contributed by atoms with Crippen LogP contribution in [0, 0.1) is 11.3 Å². The molecule has 0 unspecified atom stereocenters. The van der Waals surface area contributed by atoms with Gasteiger partial charge in [-0.2, -0.15) is 0 Å². The fraction of sp³-hybridized carbons (Fsp3) is 0.667. The molecule has 0 heterocycles. The molecule has 0 aromatic heterocycles. The number of nitrogens with one attached hydrogen (secondary N) is 1. The van der Waals surface area contributed by atoms with E-state index in [1.165, 1.54) is 12.0 Å². The van der Waals surface area contributed by atoms with Crippen molar-refractivity contribution in [3.63, 3.8) is 0 Å². The first-order valence-corrected chi connectivity index (χ1v) is 9.57.